The van der Waals surface area contributed by atoms with Crippen molar-refractivity contribution in [2.45, 2.75) is 27.2 Å². The van der Waals surface area contributed by atoms with Crippen LogP contribution in [0.25, 0.3) is 6.08 Å². The van der Waals surface area contributed by atoms with Gasteiger partial charge in [-0.2, -0.15) is 5.01 Å². The summed E-state index contributed by atoms with van der Waals surface area (Å²) in [5.41, 5.74) is 4.64. The van der Waals surface area contributed by atoms with Crippen LogP contribution < -0.4 is 14.9 Å². The fraction of sp³-hybridized carbons (Fsp3) is 0.292. The number of thiocarbonyl (C=S) groups is 1. The van der Waals surface area contributed by atoms with Gasteiger partial charge in [-0.3, -0.25) is 15.0 Å². The first-order valence-corrected chi connectivity index (χ1v) is 12.4. The topological polar surface area (TPSA) is 67.9 Å². The molecule has 0 aromatic heterocycles. The van der Waals surface area contributed by atoms with Gasteiger partial charge in [0.2, 0.25) is 0 Å². The van der Waals surface area contributed by atoms with Gasteiger partial charge in [0.15, 0.2) is 15.8 Å². The Balaban J connectivity index is 1.79. The monoisotopic (exact) mass is 548 g/mol. The number of amides is 2. The van der Waals surface area contributed by atoms with Gasteiger partial charge in [-0.15, -0.1) is 0 Å². The highest BCUT2D eigenvalue weighted by Gasteiger charge is 2.34. The molecular weight excluding hydrogens is 524 g/mol. The van der Waals surface area contributed by atoms with Crippen LogP contribution in [0.3, 0.4) is 0 Å². The average molecular weight is 550 g/mol. The predicted molar refractivity (Wildman–Crippen MR) is 139 cm³/mol. The summed E-state index contributed by atoms with van der Waals surface area (Å²) in [4.78, 5) is 26.0. The van der Waals surface area contributed by atoms with Gasteiger partial charge in [-0.25, -0.2) is 0 Å². The van der Waals surface area contributed by atoms with E-state index in [9.17, 15) is 9.59 Å². The van der Waals surface area contributed by atoms with E-state index in [-0.39, 0.29) is 10.2 Å². The molecule has 1 aliphatic heterocycles. The lowest BCUT2D eigenvalue weighted by Gasteiger charge is -2.16. The van der Waals surface area contributed by atoms with E-state index < -0.39 is 5.91 Å². The van der Waals surface area contributed by atoms with Crippen molar-refractivity contribution in [1.29, 1.82) is 0 Å². The number of aryl methyl sites for hydroxylation is 1. The van der Waals surface area contributed by atoms with Crippen LogP contribution in [0.5, 0.6) is 11.5 Å². The molecule has 0 aliphatic carbocycles. The molecule has 1 heterocycles. The van der Waals surface area contributed by atoms with Crippen LogP contribution >= 0.6 is 39.9 Å². The second-order valence-corrected chi connectivity index (χ2v) is 10.4. The van der Waals surface area contributed by atoms with Crippen LogP contribution in [0, 0.1) is 12.8 Å². The lowest BCUT2D eigenvalue weighted by molar-refractivity contribution is -0.123. The second kappa shape index (κ2) is 11.2. The van der Waals surface area contributed by atoms with Crippen LogP contribution in [-0.4, -0.2) is 34.9 Å². The highest BCUT2D eigenvalue weighted by molar-refractivity contribution is 9.10. The number of carbonyl (C=O) groups is 2. The van der Waals surface area contributed by atoms with E-state index in [0.717, 1.165) is 38.8 Å². The summed E-state index contributed by atoms with van der Waals surface area (Å²) in [5, 5.41) is 1.11. The molecule has 0 atom stereocenters. The average Bonchev–Trinajstić information content (AvgIpc) is 3.02. The fourth-order valence-electron chi connectivity index (χ4n) is 3.06. The van der Waals surface area contributed by atoms with Crippen LogP contribution in [0.4, 0.5) is 0 Å². The lowest BCUT2D eigenvalue weighted by atomic mass is 10.1. The van der Waals surface area contributed by atoms with Gasteiger partial charge in [0.25, 0.3) is 11.8 Å². The summed E-state index contributed by atoms with van der Waals surface area (Å²) in [5.74, 6) is 0.926. The van der Waals surface area contributed by atoms with Crippen LogP contribution in [0.1, 0.15) is 41.8 Å². The molecule has 2 aromatic carbocycles. The first-order valence-electron chi connectivity index (χ1n) is 10.4. The highest BCUT2D eigenvalue weighted by atomic mass is 79.9. The summed E-state index contributed by atoms with van der Waals surface area (Å²) >= 11 is 10.0. The smallest absolute Gasteiger partial charge is 0.285 e. The van der Waals surface area contributed by atoms with Gasteiger partial charge >= 0.3 is 0 Å². The SMILES string of the molecule is COc1cc(/C=C2/SC(=S)N(NC(=O)c3ccccc3C)C2=O)cc(Br)c1OCCC(C)C. The zero-order chi connectivity index (χ0) is 24.1. The number of carbonyl (C=O) groups excluding carboxylic acids is 2. The molecule has 0 saturated carbocycles. The minimum Gasteiger partial charge on any atom is -0.493 e. The van der Waals surface area contributed by atoms with E-state index in [0.29, 0.717) is 34.5 Å². The number of rotatable bonds is 8. The Morgan fingerprint density at radius 3 is 2.70 bits per heavy atom. The van der Waals surface area contributed by atoms with Gasteiger partial charge in [-0.05, 0) is 82.8 Å². The number of ether oxygens (including phenoxy) is 2. The van der Waals surface area contributed by atoms with E-state index in [1.54, 1.807) is 31.4 Å². The molecule has 1 saturated heterocycles. The molecule has 1 fully saturated rings. The third kappa shape index (κ3) is 6.16. The zero-order valence-corrected chi connectivity index (χ0v) is 22.0. The van der Waals surface area contributed by atoms with Gasteiger partial charge in [0.05, 0.1) is 23.1 Å². The van der Waals surface area contributed by atoms with E-state index >= 15 is 0 Å². The zero-order valence-electron chi connectivity index (χ0n) is 18.8. The number of halogens is 1. The number of methoxy groups -OCH3 is 1. The number of hydrogen-bond donors (Lipinski definition) is 1. The van der Waals surface area contributed by atoms with Crippen LogP contribution in [0.15, 0.2) is 45.8 Å². The van der Waals surface area contributed by atoms with E-state index in [2.05, 4.69) is 35.2 Å². The summed E-state index contributed by atoms with van der Waals surface area (Å²) in [6, 6.07) is 10.8. The number of hydrogen-bond acceptors (Lipinski definition) is 6. The van der Waals surface area contributed by atoms with Crippen molar-refractivity contribution in [3.05, 3.63) is 62.5 Å². The molecule has 1 aliphatic rings. The van der Waals surface area contributed by atoms with E-state index in [1.807, 2.05) is 25.1 Å². The molecular formula is C24H25BrN2O4S2. The van der Waals surface area contributed by atoms with Crippen LogP contribution in [0.2, 0.25) is 0 Å². The first-order chi connectivity index (χ1) is 15.7. The quantitative estimate of drug-likeness (QED) is 0.335. The molecule has 1 N–H and O–H groups in total. The molecule has 0 radical (unpaired) electrons. The molecule has 0 spiro atoms. The third-order valence-corrected chi connectivity index (χ3v) is 6.78. The number of benzene rings is 2. The molecule has 0 bridgehead atoms. The Labute approximate surface area is 211 Å². The van der Waals surface area contributed by atoms with E-state index in [1.165, 1.54) is 0 Å². The van der Waals surface area contributed by atoms with Crippen molar-refractivity contribution in [2.75, 3.05) is 13.7 Å². The highest BCUT2D eigenvalue weighted by Crippen LogP contribution is 2.39. The summed E-state index contributed by atoms with van der Waals surface area (Å²) < 4.78 is 12.4. The van der Waals surface area contributed by atoms with Gasteiger partial charge in [-0.1, -0.05) is 43.8 Å². The molecule has 2 aromatic rings. The number of thioether (sulfide) groups is 1. The van der Waals surface area contributed by atoms with Crippen molar-refractivity contribution >= 4 is 62.1 Å². The minimum absolute atomic E-state index is 0.257. The minimum atomic E-state index is -0.391. The fourth-order valence-corrected chi connectivity index (χ4v) is 4.82. The molecule has 174 valence electrons. The first kappa shape index (κ1) is 25.3. The lowest BCUT2D eigenvalue weighted by Crippen LogP contribution is -2.45. The Morgan fingerprint density at radius 1 is 1.30 bits per heavy atom. The standard InChI is InChI=1S/C24H25BrN2O4S2/c1-14(2)9-10-31-21-18(25)11-16(12-19(21)30-4)13-20-23(29)27(24(32)33-20)26-22(28)17-8-6-5-7-15(17)3/h5-8,11-14H,9-10H2,1-4H3,(H,26,28)/b20-13+. The molecule has 9 heteroatoms. The van der Waals surface area contributed by atoms with Gasteiger partial charge in [0.1, 0.15) is 0 Å². The molecule has 2 amide bonds. The maximum absolute atomic E-state index is 13.0. The van der Waals surface area contributed by atoms with Crippen molar-refractivity contribution < 1.29 is 19.1 Å². The largest absolute Gasteiger partial charge is 0.493 e. The van der Waals surface area contributed by atoms with Crippen molar-refractivity contribution in [2.24, 2.45) is 5.92 Å². The maximum Gasteiger partial charge on any atom is 0.285 e. The Bertz CT molecular complexity index is 1120. The second-order valence-electron chi connectivity index (χ2n) is 7.84. The maximum atomic E-state index is 13.0. The summed E-state index contributed by atoms with van der Waals surface area (Å²) in [6.07, 6.45) is 2.64. The predicted octanol–water partition coefficient (Wildman–Crippen LogP) is 5.74. The Kier molecular flexibility index (Phi) is 8.56. The third-order valence-electron chi connectivity index (χ3n) is 4.89. The molecule has 6 nitrogen and oxygen atoms in total. The van der Waals surface area contributed by atoms with Gasteiger partial charge in [0, 0.05) is 5.56 Å². The summed E-state index contributed by atoms with van der Waals surface area (Å²) in [6.45, 7) is 6.68. The molecule has 33 heavy (non-hydrogen) atoms. The van der Waals surface area contributed by atoms with Crippen LogP contribution in [-0.2, 0) is 4.79 Å². The van der Waals surface area contributed by atoms with Crippen molar-refractivity contribution in [3.8, 4) is 11.5 Å². The number of nitrogens with one attached hydrogen (secondary N) is 1. The normalized spacial score (nSPS) is 14.8. The molecule has 0 unspecified atom stereocenters. The van der Waals surface area contributed by atoms with Crippen molar-refractivity contribution in [1.82, 2.24) is 10.4 Å². The number of hydrazine groups is 1. The van der Waals surface area contributed by atoms with Crippen molar-refractivity contribution in [3.63, 3.8) is 0 Å². The molecule has 3 rings (SSSR count). The Morgan fingerprint density at radius 2 is 2.03 bits per heavy atom. The number of nitrogens with zero attached hydrogens (tertiary/aromatic N) is 1. The summed E-state index contributed by atoms with van der Waals surface area (Å²) in [7, 11) is 1.57. The Hall–Kier alpha value is -2.36. The van der Waals surface area contributed by atoms with E-state index in [4.69, 9.17) is 21.7 Å². The van der Waals surface area contributed by atoms with Gasteiger partial charge < -0.3 is 9.47 Å².